The van der Waals surface area contributed by atoms with Crippen molar-refractivity contribution in [3.63, 3.8) is 0 Å². The number of carbonyl (C=O) groups is 2. The lowest BCUT2D eigenvalue weighted by molar-refractivity contribution is -0.143. The third kappa shape index (κ3) is 3.81. The SMILES string of the molecule is CC(C)CN1C[C@H](C(=O)N2CCN(c3ccc4nccn4n3)CC2)CCC1=O. The zero-order chi connectivity index (χ0) is 19.7. The van der Waals surface area contributed by atoms with Gasteiger partial charge in [-0.2, -0.15) is 0 Å². The van der Waals surface area contributed by atoms with E-state index < -0.39 is 0 Å². The predicted octanol–water partition coefficient (Wildman–Crippen LogP) is 1.27. The van der Waals surface area contributed by atoms with Gasteiger partial charge < -0.3 is 14.7 Å². The Kier molecular flexibility index (Phi) is 5.19. The van der Waals surface area contributed by atoms with Gasteiger partial charge in [0.25, 0.3) is 0 Å². The molecule has 150 valence electrons. The number of amides is 2. The average Bonchev–Trinajstić information content (AvgIpc) is 3.17. The molecule has 2 aromatic heterocycles. The second-order valence-electron chi connectivity index (χ2n) is 8.16. The largest absolute Gasteiger partial charge is 0.352 e. The molecule has 2 amide bonds. The van der Waals surface area contributed by atoms with Crippen LogP contribution in [0.25, 0.3) is 5.65 Å². The number of piperidine rings is 1. The molecule has 0 aliphatic carbocycles. The van der Waals surface area contributed by atoms with Gasteiger partial charge >= 0.3 is 0 Å². The van der Waals surface area contributed by atoms with Crippen LogP contribution < -0.4 is 4.90 Å². The number of aromatic nitrogens is 3. The molecule has 28 heavy (non-hydrogen) atoms. The minimum atomic E-state index is -0.0663. The molecule has 1 atom stereocenters. The Bertz CT molecular complexity index is 855. The number of hydrogen-bond acceptors (Lipinski definition) is 5. The van der Waals surface area contributed by atoms with Crippen molar-refractivity contribution in [2.75, 3.05) is 44.2 Å². The Balaban J connectivity index is 1.35. The number of piperazine rings is 1. The third-order valence-electron chi connectivity index (χ3n) is 5.59. The summed E-state index contributed by atoms with van der Waals surface area (Å²) in [6.07, 6.45) is 4.73. The molecule has 2 saturated heterocycles. The quantitative estimate of drug-likeness (QED) is 0.794. The number of nitrogens with zero attached hydrogens (tertiary/aromatic N) is 6. The zero-order valence-corrected chi connectivity index (χ0v) is 16.6. The maximum absolute atomic E-state index is 13.0. The van der Waals surface area contributed by atoms with Gasteiger partial charge in [-0.25, -0.2) is 9.50 Å². The summed E-state index contributed by atoms with van der Waals surface area (Å²) < 4.78 is 1.77. The Morgan fingerprint density at radius 2 is 2.00 bits per heavy atom. The van der Waals surface area contributed by atoms with Crippen LogP contribution in [0.3, 0.4) is 0 Å². The highest BCUT2D eigenvalue weighted by Gasteiger charge is 2.34. The van der Waals surface area contributed by atoms with E-state index in [0.29, 0.717) is 38.4 Å². The smallest absolute Gasteiger partial charge is 0.227 e. The van der Waals surface area contributed by atoms with E-state index in [2.05, 4.69) is 28.8 Å². The third-order valence-corrected chi connectivity index (χ3v) is 5.59. The van der Waals surface area contributed by atoms with Crippen molar-refractivity contribution in [3.05, 3.63) is 24.5 Å². The normalized spacial score (nSPS) is 21.0. The van der Waals surface area contributed by atoms with E-state index in [9.17, 15) is 9.59 Å². The van der Waals surface area contributed by atoms with Gasteiger partial charge in [0.1, 0.15) is 5.82 Å². The van der Waals surface area contributed by atoms with Gasteiger partial charge in [0, 0.05) is 58.1 Å². The molecule has 0 radical (unpaired) electrons. The van der Waals surface area contributed by atoms with Gasteiger partial charge in [0.2, 0.25) is 11.8 Å². The summed E-state index contributed by atoms with van der Waals surface area (Å²) in [7, 11) is 0. The number of carbonyl (C=O) groups excluding carboxylic acids is 2. The monoisotopic (exact) mass is 384 g/mol. The molecule has 8 nitrogen and oxygen atoms in total. The zero-order valence-electron chi connectivity index (χ0n) is 16.6. The van der Waals surface area contributed by atoms with Crippen LogP contribution in [-0.4, -0.2) is 75.5 Å². The van der Waals surface area contributed by atoms with Crippen LogP contribution in [0, 0.1) is 11.8 Å². The van der Waals surface area contributed by atoms with E-state index in [4.69, 9.17) is 0 Å². The molecule has 4 rings (SSSR count). The van der Waals surface area contributed by atoms with Crippen molar-refractivity contribution in [2.45, 2.75) is 26.7 Å². The molecule has 0 aromatic carbocycles. The van der Waals surface area contributed by atoms with Crippen LogP contribution in [0.15, 0.2) is 24.5 Å². The lowest BCUT2D eigenvalue weighted by Crippen LogP contribution is -2.53. The molecule has 8 heteroatoms. The molecule has 0 unspecified atom stereocenters. The van der Waals surface area contributed by atoms with E-state index in [1.54, 1.807) is 10.7 Å². The minimum Gasteiger partial charge on any atom is -0.352 e. The first-order valence-electron chi connectivity index (χ1n) is 10.1. The highest BCUT2D eigenvalue weighted by molar-refractivity contribution is 5.84. The van der Waals surface area contributed by atoms with Crippen molar-refractivity contribution >= 4 is 23.3 Å². The standard InChI is InChI=1S/C20H28N6O2/c1-15(2)13-25-14-16(3-6-19(25)27)20(28)24-11-9-23(10-12-24)18-5-4-17-21-7-8-26(17)22-18/h4-5,7-8,15-16H,3,6,9-14H2,1-2H3/t16-/m1/s1. The lowest BCUT2D eigenvalue weighted by atomic mass is 9.95. The molecule has 0 N–H and O–H groups in total. The van der Waals surface area contributed by atoms with E-state index in [-0.39, 0.29) is 17.7 Å². The number of fused-ring (bicyclic) bond motifs is 1. The average molecular weight is 384 g/mol. The van der Waals surface area contributed by atoms with Crippen molar-refractivity contribution in [3.8, 4) is 0 Å². The van der Waals surface area contributed by atoms with Crippen LogP contribution in [0.4, 0.5) is 5.82 Å². The van der Waals surface area contributed by atoms with Gasteiger partial charge in [-0.1, -0.05) is 13.8 Å². The number of anilines is 1. The molecule has 0 bridgehead atoms. The van der Waals surface area contributed by atoms with Crippen molar-refractivity contribution < 1.29 is 9.59 Å². The minimum absolute atomic E-state index is 0.0663. The number of likely N-dealkylation sites (tertiary alicyclic amines) is 1. The van der Waals surface area contributed by atoms with Crippen LogP contribution in [0.5, 0.6) is 0 Å². The molecular weight excluding hydrogens is 356 g/mol. The summed E-state index contributed by atoms with van der Waals surface area (Å²) in [5.41, 5.74) is 0.829. The Labute approximate surface area is 165 Å². The first-order valence-corrected chi connectivity index (χ1v) is 10.1. The van der Waals surface area contributed by atoms with Gasteiger partial charge in [-0.3, -0.25) is 9.59 Å². The second kappa shape index (κ2) is 7.77. The topological polar surface area (TPSA) is 74.1 Å². The number of imidazole rings is 1. The van der Waals surface area contributed by atoms with Crippen LogP contribution in [-0.2, 0) is 9.59 Å². The van der Waals surface area contributed by atoms with Crippen LogP contribution >= 0.6 is 0 Å². The van der Waals surface area contributed by atoms with E-state index in [1.165, 1.54) is 0 Å². The fraction of sp³-hybridized carbons (Fsp3) is 0.600. The summed E-state index contributed by atoms with van der Waals surface area (Å²) in [5.74, 6) is 1.64. The molecular formula is C20H28N6O2. The number of rotatable bonds is 4. The maximum Gasteiger partial charge on any atom is 0.227 e. The molecule has 2 aromatic rings. The predicted molar refractivity (Wildman–Crippen MR) is 106 cm³/mol. The highest BCUT2D eigenvalue weighted by Crippen LogP contribution is 2.22. The molecule has 0 saturated carbocycles. The highest BCUT2D eigenvalue weighted by atomic mass is 16.2. The fourth-order valence-electron chi connectivity index (χ4n) is 4.12. The Morgan fingerprint density at radius 1 is 1.21 bits per heavy atom. The van der Waals surface area contributed by atoms with Crippen molar-refractivity contribution in [2.24, 2.45) is 11.8 Å². The summed E-state index contributed by atoms with van der Waals surface area (Å²) in [6, 6.07) is 3.94. The van der Waals surface area contributed by atoms with E-state index in [1.807, 2.05) is 28.1 Å². The molecule has 0 spiro atoms. The molecule has 2 aliphatic heterocycles. The van der Waals surface area contributed by atoms with Crippen LogP contribution in [0.2, 0.25) is 0 Å². The van der Waals surface area contributed by atoms with Gasteiger partial charge in [-0.15, -0.1) is 5.10 Å². The summed E-state index contributed by atoms with van der Waals surface area (Å²) in [4.78, 5) is 35.4. The number of hydrogen-bond donors (Lipinski definition) is 0. The van der Waals surface area contributed by atoms with Gasteiger partial charge in [-0.05, 0) is 24.5 Å². The van der Waals surface area contributed by atoms with Crippen molar-refractivity contribution in [1.29, 1.82) is 0 Å². The van der Waals surface area contributed by atoms with E-state index >= 15 is 0 Å². The first kappa shape index (κ1) is 18.7. The fourth-order valence-corrected chi connectivity index (χ4v) is 4.12. The Hall–Kier alpha value is -2.64. The van der Waals surface area contributed by atoms with Gasteiger partial charge in [0.05, 0.1) is 5.92 Å². The summed E-state index contributed by atoms with van der Waals surface area (Å²) in [5, 5.41) is 4.60. The Morgan fingerprint density at radius 3 is 2.75 bits per heavy atom. The van der Waals surface area contributed by atoms with Crippen LogP contribution in [0.1, 0.15) is 26.7 Å². The summed E-state index contributed by atoms with van der Waals surface area (Å²) in [6.45, 7) is 8.42. The molecule has 2 fully saturated rings. The van der Waals surface area contributed by atoms with E-state index in [0.717, 1.165) is 31.1 Å². The second-order valence-corrected chi connectivity index (χ2v) is 8.16. The molecule has 4 heterocycles. The molecule has 2 aliphatic rings. The van der Waals surface area contributed by atoms with Gasteiger partial charge in [0.15, 0.2) is 5.65 Å². The lowest BCUT2D eigenvalue weighted by Gasteiger charge is -2.39. The maximum atomic E-state index is 13.0. The van der Waals surface area contributed by atoms with Crippen molar-refractivity contribution in [1.82, 2.24) is 24.4 Å². The first-order chi connectivity index (χ1) is 13.5. The summed E-state index contributed by atoms with van der Waals surface area (Å²) >= 11 is 0.